The zero-order chi connectivity index (χ0) is 7.11. The molecule has 0 aliphatic heterocycles. The third-order valence-corrected chi connectivity index (χ3v) is 0.945. The maximum atomic E-state index is 10.5. The van der Waals surface area contributed by atoms with E-state index in [4.69, 9.17) is 5.90 Å². The summed E-state index contributed by atoms with van der Waals surface area (Å²) < 4.78 is 0. The summed E-state index contributed by atoms with van der Waals surface area (Å²) in [6.07, 6.45) is 1.16. The molecule has 3 N–H and O–H groups in total. The lowest BCUT2D eigenvalue weighted by Crippen LogP contribution is -2.18. The molecule has 0 aromatic rings. The minimum Gasteiger partial charge on any atom is -0.359 e. The van der Waals surface area contributed by atoms with Crippen molar-refractivity contribution in [2.75, 3.05) is 13.7 Å². The van der Waals surface area contributed by atoms with E-state index in [0.717, 1.165) is 0 Å². The van der Waals surface area contributed by atoms with Gasteiger partial charge in [-0.2, -0.15) is 0 Å². The van der Waals surface area contributed by atoms with Gasteiger partial charge in [-0.3, -0.25) is 4.79 Å². The summed E-state index contributed by atoms with van der Waals surface area (Å²) in [5, 5.41) is 2.49. The highest BCUT2D eigenvalue weighted by Gasteiger charge is 1.94. The first-order valence-electron chi connectivity index (χ1n) is 2.83. The lowest BCUT2D eigenvalue weighted by Gasteiger charge is -1.96. The number of rotatable bonds is 4. The second-order valence-electron chi connectivity index (χ2n) is 1.65. The Labute approximate surface area is 54.3 Å². The smallest absolute Gasteiger partial charge is 0.219 e. The highest BCUT2D eigenvalue weighted by molar-refractivity contribution is 5.75. The third-order valence-electron chi connectivity index (χ3n) is 0.945. The van der Waals surface area contributed by atoms with Gasteiger partial charge in [0.1, 0.15) is 0 Å². The molecule has 0 unspecified atom stereocenters. The van der Waals surface area contributed by atoms with Gasteiger partial charge in [0.25, 0.3) is 0 Å². The fourth-order valence-electron chi connectivity index (χ4n) is 0.441. The Kier molecular flexibility index (Phi) is 5.15. The summed E-state index contributed by atoms with van der Waals surface area (Å²) in [5.41, 5.74) is 0. The Hall–Kier alpha value is -0.610. The standard InChI is InChI=1S/C5H12N2O2/c1-7-5(8)3-2-4-9-6/h2-4,6H2,1H3,(H,7,8). The molecule has 9 heavy (non-hydrogen) atoms. The van der Waals surface area contributed by atoms with Crippen LogP contribution in [-0.2, 0) is 9.63 Å². The van der Waals surface area contributed by atoms with Crippen molar-refractivity contribution >= 4 is 5.91 Å². The molecule has 1 amide bonds. The maximum absolute atomic E-state index is 10.5. The van der Waals surface area contributed by atoms with E-state index >= 15 is 0 Å². The fraction of sp³-hybridized carbons (Fsp3) is 0.800. The van der Waals surface area contributed by atoms with E-state index < -0.39 is 0 Å². The van der Waals surface area contributed by atoms with Crippen molar-refractivity contribution in [2.24, 2.45) is 5.90 Å². The van der Waals surface area contributed by atoms with Crippen LogP contribution in [0.5, 0.6) is 0 Å². The van der Waals surface area contributed by atoms with Crippen LogP contribution in [0, 0.1) is 0 Å². The summed E-state index contributed by atoms with van der Waals surface area (Å²) in [6, 6.07) is 0. The Bertz CT molecular complexity index is 85.0. The molecule has 0 aliphatic carbocycles. The molecular weight excluding hydrogens is 120 g/mol. The van der Waals surface area contributed by atoms with Crippen LogP contribution in [0.1, 0.15) is 12.8 Å². The Balaban J connectivity index is 2.97. The molecule has 0 atom stereocenters. The van der Waals surface area contributed by atoms with E-state index in [0.29, 0.717) is 19.4 Å². The maximum Gasteiger partial charge on any atom is 0.219 e. The van der Waals surface area contributed by atoms with Crippen molar-refractivity contribution in [2.45, 2.75) is 12.8 Å². The first-order chi connectivity index (χ1) is 4.31. The molecule has 0 spiro atoms. The van der Waals surface area contributed by atoms with Crippen molar-refractivity contribution in [3.05, 3.63) is 0 Å². The van der Waals surface area contributed by atoms with E-state index in [9.17, 15) is 4.79 Å². The van der Waals surface area contributed by atoms with Crippen LogP contribution in [-0.4, -0.2) is 19.6 Å². The molecule has 0 aliphatic rings. The lowest BCUT2D eigenvalue weighted by atomic mass is 10.3. The highest BCUT2D eigenvalue weighted by atomic mass is 16.6. The van der Waals surface area contributed by atoms with Crippen LogP contribution >= 0.6 is 0 Å². The summed E-state index contributed by atoms with van der Waals surface area (Å²) in [7, 11) is 1.60. The molecule has 0 saturated carbocycles. The fourth-order valence-corrected chi connectivity index (χ4v) is 0.441. The first-order valence-corrected chi connectivity index (χ1v) is 2.83. The van der Waals surface area contributed by atoms with Crippen molar-refractivity contribution in [1.82, 2.24) is 5.32 Å². The zero-order valence-electron chi connectivity index (χ0n) is 5.52. The molecule has 54 valence electrons. The molecule has 0 fully saturated rings. The zero-order valence-corrected chi connectivity index (χ0v) is 5.52. The topological polar surface area (TPSA) is 64.3 Å². The number of hydrogen-bond donors (Lipinski definition) is 2. The number of amides is 1. The van der Waals surface area contributed by atoms with Crippen molar-refractivity contribution in [3.8, 4) is 0 Å². The second kappa shape index (κ2) is 5.53. The third kappa shape index (κ3) is 5.26. The molecule has 0 bridgehead atoms. The average Bonchev–Trinajstić information content (AvgIpc) is 1.89. The van der Waals surface area contributed by atoms with Crippen LogP contribution in [0.2, 0.25) is 0 Å². The summed E-state index contributed by atoms with van der Waals surface area (Å²) in [6.45, 7) is 0.438. The van der Waals surface area contributed by atoms with Gasteiger partial charge in [0.05, 0.1) is 6.61 Å². The SMILES string of the molecule is CNC(=O)CCCON. The number of nitrogens with two attached hydrogens (primary N) is 1. The van der Waals surface area contributed by atoms with E-state index in [1.165, 1.54) is 0 Å². The number of carbonyl (C=O) groups is 1. The first kappa shape index (κ1) is 8.39. The van der Waals surface area contributed by atoms with E-state index in [2.05, 4.69) is 10.2 Å². The van der Waals surface area contributed by atoms with Gasteiger partial charge in [-0.15, -0.1) is 0 Å². The van der Waals surface area contributed by atoms with Gasteiger partial charge in [-0.25, -0.2) is 5.90 Å². The quantitative estimate of drug-likeness (QED) is 0.396. The Morgan fingerprint density at radius 3 is 2.89 bits per heavy atom. The van der Waals surface area contributed by atoms with Gasteiger partial charge in [0.15, 0.2) is 0 Å². The second-order valence-corrected chi connectivity index (χ2v) is 1.65. The monoisotopic (exact) mass is 132 g/mol. The summed E-state index contributed by atoms with van der Waals surface area (Å²) in [4.78, 5) is 14.7. The average molecular weight is 132 g/mol. The van der Waals surface area contributed by atoms with Gasteiger partial charge in [-0.05, 0) is 6.42 Å². The minimum atomic E-state index is 0.0204. The van der Waals surface area contributed by atoms with Crippen molar-refractivity contribution in [1.29, 1.82) is 0 Å². The molecular formula is C5H12N2O2. The molecule has 0 rings (SSSR count). The molecule has 0 aromatic carbocycles. The van der Waals surface area contributed by atoms with Gasteiger partial charge in [0.2, 0.25) is 5.91 Å². The molecule has 0 aromatic heterocycles. The number of hydrogen-bond acceptors (Lipinski definition) is 3. The van der Waals surface area contributed by atoms with Crippen molar-refractivity contribution < 1.29 is 9.63 Å². The largest absolute Gasteiger partial charge is 0.359 e. The molecule has 0 heterocycles. The predicted molar refractivity (Wildman–Crippen MR) is 33.4 cm³/mol. The van der Waals surface area contributed by atoms with Gasteiger partial charge in [-0.1, -0.05) is 0 Å². The highest BCUT2D eigenvalue weighted by Crippen LogP contribution is 1.86. The van der Waals surface area contributed by atoms with Crippen LogP contribution in [0.25, 0.3) is 0 Å². The van der Waals surface area contributed by atoms with E-state index in [1.807, 2.05) is 0 Å². The van der Waals surface area contributed by atoms with E-state index in [1.54, 1.807) is 7.05 Å². The Morgan fingerprint density at radius 2 is 2.44 bits per heavy atom. The van der Waals surface area contributed by atoms with Gasteiger partial charge >= 0.3 is 0 Å². The summed E-state index contributed by atoms with van der Waals surface area (Å²) >= 11 is 0. The molecule has 0 radical (unpaired) electrons. The normalized spacial score (nSPS) is 9.11. The van der Waals surface area contributed by atoms with Gasteiger partial charge in [0, 0.05) is 13.5 Å². The van der Waals surface area contributed by atoms with Crippen LogP contribution < -0.4 is 11.2 Å². The predicted octanol–water partition coefficient (Wildman–Crippen LogP) is -0.597. The molecule has 4 heteroatoms. The molecule has 0 saturated heterocycles. The van der Waals surface area contributed by atoms with E-state index in [-0.39, 0.29) is 5.91 Å². The summed E-state index contributed by atoms with van der Waals surface area (Å²) in [5.74, 6) is 4.74. The molecule has 4 nitrogen and oxygen atoms in total. The lowest BCUT2D eigenvalue weighted by molar-refractivity contribution is -0.120. The Morgan fingerprint density at radius 1 is 1.78 bits per heavy atom. The number of carbonyl (C=O) groups excluding carboxylic acids is 1. The van der Waals surface area contributed by atoms with Crippen molar-refractivity contribution in [3.63, 3.8) is 0 Å². The van der Waals surface area contributed by atoms with Crippen LogP contribution in [0.3, 0.4) is 0 Å². The number of nitrogens with one attached hydrogen (secondary N) is 1. The van der Waals surface area contributed by atoms with Gasteiger partial charge < -0.3 is 10.2 Å². The van der Waals surface area contributed by atoms with Crippen LogP contribution in [0.4, 0.5) is 0 Å². The minimum absolute atomic E-state index is 0.0204. The van der Waals surface area contributed by atoms with Crippen LogP contribution in [0.15, 0.2) is 0 Å².